The van der Waals surface area contributed by atoms with Gasteiger partial charge in [0, 0.05) is 11.8 Å². The lowest BCUT2D eigenvalue weighted by atomic mass is 10.2. The molecular weight excluding hydrogens is 226 g/mol. The Morgan fingerprint density at radius 3 is 2.50 bits per heavy atom. The average molecular weight is 241 g/mol. The molecule has 0 saturated heterocycles. The molecule has 0 heterocycles. The number of aliphatic imine (C=N–C) groups is 1. The Morgan fingerprint density at radius 2 is 1.83 bits per heavy atom. The van der Waals surface area contributed by atoms with Crippen LogP contribution in [0.3, 0.4) is 0 Å². The van der Waals surface area contributed by atoms with Crippen LogP contribution in [-0.2, 0) is 6.61 Å². The van der Waals surface area contributed by atoms with Crippen molar-refractivity contribution in [1.82, 2.24) is 0 Å². The van der Waals surface area contributed by atoms with E-state index in [4.69, 9.17) is 4.74 Å². The molecule has 0 spiro atoms. The van der Waals surface area contributed by atoms with Crippen molar-refractivity contribution in [1.29, 1.82) is 0 Å². The minimum absolute atomic E-state index is 0.00384. The van der Waals surface area contributed by atoms with Crippen LogP contribution in [0.2, 0.25) is 0 Å². The van der Waals surface area contributed by atoms with E-state index in [1.807, 2.05) is 48.5 Å². The molecule has 0 aromatic heterocycles. The zero-order valence-corrected chi connectivity index (χ0v) is 10.2. The highest BCUT2D eigenvalue weighted by Gasteiger charge is 1.97. The van der Waals surface area contributed by atoms with Crippen molar-refractivity contribution < 1.29 is 9.84 Å². The van der Waals surface area contributed by atoms with E-state index in [1.165, 1.54) is 0 Å². The van der Waals surface area contributed by atoms with Gasteiger partial charge in [-0.1, -0.05) is 18.2 Å². The molecule has 0 aliphatic carbocycles. The van der Waals surface area contributed by atoms with Crippen molar-refractivity contribution >= 4 is 11.9 Å². The second-order valence-corrected chi connectivity index (χ2v) is 3.82. The first-order valence-electron chi connectivity index (χ1n) is 5.70. The molecule has 3 heteroatoms. The molecule has 18 heavy (non-hydrogen) atoms. The van der Waals surface area contributed by atoms with Crippen molar-refractivity contribution in [2.75, 3.05) is 7.11 Å². The minimum Gasteiger partial charge on any atom is -0.497 e. The monoisotopic (exact) mass is 241 g/mol. The number of aliphatic hydroxyl groups is 1. The second kappa shape index (κ2) is 5.98. The number of para-hydroxylation sites is 1. The van der Waals surface area contributed by atoms with Crippen LogP contribution in [-0.4, -0.2) is 18.4 Å². The first-order valence-corrected chi connectivity index (χ1v) is 5.70. The van der Waals surface area contributed by atoms with Crippen LogP contribution >= 0.6 is 0 Å². The SMILES string of the molecule is COc1ccc(C=Nc2ccccc2CO)cc1. The lowest BCUT2D eigenvalue weighted by molar-refractivity contribution is 0.282. The van der Waals surface area contributed by atoms with Gasteiger partial charge in [-0.05, 0) is 35.9 Å². The van der Waals surface area contributed by atoms with Crippen molar-refractivity contribution in [3.8, 4) is 5.75 Å². The summed E-state index contributed by atoms with van der Waals surface area (Å²) in [5.74, 6) is 0.822. The summed E-state index contributed by atoms with van der Waals surface area (Å²) in [7, 11) is 1.64. The average Bonchev–Trinajstić information content (AvgIpc) is 2.46. The molecule has 0 atom stereocenters. The number of nitrogens with zero attached hydrogens (tertiary/aromatic N) is 1. The molecule has 0 aliphatic heterocycles. The Hall–Kier alpha value is -2.13. The highest BCUT2D eigenvalue weighted by atomic mass is 16.5. The van der Waals surface area contributed by atoms with Gasteiger partial charge in [0.25, 0.3) is 0 Å². The Kier molecular flexibility index (Phi) is 4.10. The van der Waals surface area contributed by atoms with E-state index in [9.17, 15) is 5.11 Å². The third kappa shape index (κ3) is 2.96. The first-order chi connectivity index (χ1) is 8.83. The molecule has 0 amide bonds. The Morgan fingerprint density at radius 1 is 1.11 bits per heavy atom. The number of hydrogen-bond acceptors (Lipinski definition) is 3. The third-order valence-electron chi connectivity index (χ3n) is 2.63. The Balaban J connectivity index is 2.19. The topological polar surface area (TPSA) is 41.8 Å². The molecule has 0 aliphatic rings. The second-order valence-electron chi connectivity index (χ2n) is 3.82. The van der Waals surface area contributed by atoms with E-state index in [-0.39, 0.29) is 6.61 Å². The van der Waals surface area contributed by atoms with Gasteiger partial charge in [-0.25, -0.2) is 0 Å². The lowest BCUT2D eigenvalue weighted by Crippen LogP contribution is -1.86. The summed E-state index contributed by atoms with van der Waals surface area (Å²) in [5.41, 5.74) is 2.60. The fraction of sp³-hybridized carbons (Fsp3) is 0.133. The lowest BCUT2D eigenvalue weighted by Gasteiger charge is -2.01. The van der Waals surface area contributed by atoms with Gasteiger partial charge in [0.2, 0.25) is 0 Å². The number of benzene rings is 2. The summed E-state index contributed by atoms with van der Waals surface area (Å²) in [6.45, 7) is -0.00384. The van der Waals surface area contributed by atoms with Crippen LogP contribution in [0.25, 0.3) is 0 Å². The van der Waals surface area contributed by atoms with E-state index in [1.54, 1.807) is 13.3 Å². The quantitative estimate of drug-likeness (QED) is 0.836. The van der Waals surface area contributed by atoms with E-state index >= 15 is 0 Å². The third-order valence-corrected chi connectivity index (χ3v) is 2.63. The maximum atomic E-state index is 9.19. The smallest absolute Gasteiger partial charge is 0.118 e. The Bertz CT molecular complexity index is 532. The van der Waals surface area contributed by atoms with Crippen LogP contribution in [0.4, 0.5) is 5.69 Å². The van der Waals surface area contributed by atoms with Gasteiger partial charge in [-0.3, -0.25) is 4.99 Å². The zero-order valence-electron chi connectivity index (χ0n) is 10.2. The molecular formula is C15H15NO2. The maximum Gasteiger partial charge on any atom is 0.118 e. The van der Waals surface area contributed by atoms with Crippen LogP contribution in [0.15, 0.2) is 53.5 Å². The summed E-state index contributed by atoms with van der Waals surface area (Å²) in [4.78, 5) is 4.38. The van der Waals surface area contributed by atoms with Crippen molar-refractivity contribution in [3.63, 3.8) is 0 Å². The number of rotatable bonds is 4. The molecule has 2 rings (SSSR count). The van der Waals surface area contributed by atoms with E-state index < -0.39 is 0 Å². The summed E-state index contributed by atoms with van der Waals surface area (Å²) in [5, 5.41) is 9.19. The van der Waals surface area contributed by atoms with Crippen LogP contribution in [0.5, 0.6) is 5.75 Å². The van der Waals surface area contributed by atoms with Gasteiger partial charge in [0.15, 0.2) is 0 Å². The Labute approximate surface area is 106 Å². The van der Waals surface area contributed by atoms with Gasteiger partial charge in [0.1, 0.15) is 5.75 Å². The van der Waals surface area contributed by atoms with Crippen molar-refractivity contribution in [2.45, 2.75) is 6.61 Å². The molecule has 1 N–H and O–H groups in total. The van der Waals surface area contributed by atoms with Crippen molar-refractivity contribution in [2.24, 2.45) is 4.99 Å². The molecule has 0 fully saturated rings. The molecule has 0 unspecified atom stereocenters. The molecule has 2 aromatic rings. The van der Waals surface area contributed by atoms with Gasteiger partial charge in [-0.2, -0.15) is 0 Å². The number of ether oxygens (including phenoxy) is 1. The van der Waals surface area contributed by atoms with Gasteiger partial charge >= 0.3 is 0 Å². The molecule has 2 aromatic carbocycles. The van der Waals surface area contributed by atoms with E-state index in [0.29, 0.717) is 0 Å². The normalized spacial score (nSPS) is 10.8. The molecule has 0 radical (unpaired) electrons. The highest BCUT2D eigenvalue weighted by Crippen LogP contribution is 2.18. The van der Waals surface area contributed by atoms with Crippen LogP contribution < -0.4 is 4.74 Å². The molecule has 0 bridgehead atoms. The first kappa shape index (κ1) is 12.3. The standard InChI is InChI=1S/C15H15NO2/c1-18-14-8-6-12(7-9-14)10-16-15-5-3-2-4-13(15)11-17/h2-10,17H,11H2,1H3. The van der Waals surface area contributed by atoms with Crippen LogP contribution in [0, 0.1) is 0 Å². The van der Waals surface area contributed by atoms with Crippen LogP contribution in [0.1, 0.15) is 11.1 Å². The molecule has 0 saturated carbocycles. The predicted molar refractivity (Wildman–Crippen MR) is 72.6 cm³/mol. The van der Waals surface area contributed by atoms with Gasteiger partial charge < -0.3 is 9.84 Å². The van der Waals surface area contributed by atoms with E-state index in [0.717, 1.165) is 22.6 Å². The summed E-state index contributed by atoms with van der Waals surface area (Å²) in [6.07, 6.45) is 1.77. The van der Waals surface area contributed by atoms with E-state index in [2.05, 4.69) is 4.99 Å². The molecule has 3 nitrogen and oxygen atoms in total. The fourth-order valence-electron chi connectivity index (χ4n) is 1.60. The van der Waals surface area contributed by atoms with Gasteiger partial charge in [0.05, 0.1) is 19.4 Å². The largest absolute Gasteiger partial charge is 0.497 e. The summed E-state index contributed by atoms with van der Waals surface area (Å²) in [6, 6.07) is 15.2. The predicted octanol–water partition coefficient (Wildman–Crippen LogP) is 2.94. The number of hydrogen-bond donors (Lipinski definition) is 1. The highest BCUT2D eigenvalue weighted by molar-refractivity contribution is 5.82. The summed E-state index contributed by atoms with van der Waals surface area (Å²) >= 11 is 0. The minimum atomic E-state index is -0.00384. The molecule has 92 valence electrons. The van der Waals surface area contributed by atoms with Crippen molar-refractivity contribution in [3.05, 3.63) is 59.7 Å². The summed E-state index contributed by atoms with van der Waals surface area (Å²) < 4.78 is 5.09. The maximum absolute atomic E-state index is 9.19. The zero-order chi connectivity index (χ0) is 12.8. The van der Waals surface area contributed by atoms with Gasteiger partial charge in [-0.15, -0.1) is 0 Å². The number of aliphatic hydroxyl groups excluding tert-OH is 1. The fourth-order valence-corrected chi connectivity index (χ4v) is 1.60. The number of methoxy groups -OCH3 is 1.